The van der Waals surface area contributed by atoms with Gasteiger partial charge in [-0.3, -0.25) is 9.59 Å². The highest BCUT2D eigenvalue weighted by atomic mass is 19.2. The lowest BCUT2D eigenvalue weighted by molar-refractivity contribution is 0.102. The van der Waals surface area contributed by atoms with Crippen LogP contribution in [0, 0.1) is 11.6 Å². The van der Waals surface area contributed by atoms with Gasteiger partial charge in [-0.15, -0.1) is 0 Å². The molecule has 0 radical (unpaired) electrons. The van der Waals surface area contributed by atoms with Crippen molar-refractivity contribution in [2.45, 2.75) is 19.9 Å². The lowest BCUT2D eigenvalue weighted by Gasteiger charge is -2.13. The van der Waals surface area contributed by atoms with E-state index in [-0.39, 0.29) is 23.0 Å². The fraction of sp³-hybridized carbons (Fsp3) is 0.167. The van der Waals surface area contributed by atoms with Crippen molar-refractivity contribution < 1.29 is 13.6 Å². The second-order valence-corrected chi connectivity index (χ2v) is 5.82. The van der Waals surface area contributed by atoms with Gasteiger partial charge < -0.3 is 5.32 Å². The van der Waals surface area contributed by atoms with Crippen molar-refractivity contribution >= 4 is 22.4 Å². The SMILES string of the molecule is CC(C)n1nc(C(=O)Nc2ccc(F)c(F)c2)c2ccccc2c1=O. The van der Waals surface area contributed by atoms with Gasteiger partial charge in [0.25, 0.3) is 11.5 Å². The Kier molecular flexibility index (Phi) is 4.31. The number of nitrogens with zero attached hydrogens (tertiary/aromatic N) is 2. The molecule has 0 fully saturated rings. The summed E-state index contributed by atoms with van der Waals surface area (Å²) in [5.41, 5.74) is -0.166. The molecular weight excluding hydrogens is 328 g/mol. The molecule has 3 rings (SSSR count). The predicted molar refractivity (Wildman–Crippen MR) is 90.7 cm³/mol. The van der Waals surface area contributed by atoms with Crippen molar-refractivity contribution in [2.75, 3.05) is 5.32 Å². The summed E-state index contributed by atoms with van der Waals surface area (Å²) < 4.78 is 27.6. The zero-order chi connectivity index (χ0) is 18.1. The molecule has 3 aromatic rings. The molecule has 128 valence electrons. The normalized spacial score (nSPS) is 11.1. The Morgan fingerprint density at radius 3 is 2.40 bits per heavy atom. The maximum Gasteiger partial charge on any atom is 0.276 e. The van der Waals surface area contributed by atoms with E-state index in [0.717, 1.165) is 12.1 Å². The number of carbonyl (C=O) groups excluding carboxylic acids is 1. The van der Waals surface area contributed by atoms with Crippen LogP contribution in [0.4, 0.5) is 14.5 Å². The quantitative estimate of drug-likeness (QED) is 0.791. The number of halogens is 2. The minimum atomic E-state index is -1.07. The molecule has 1 amide bonds. The van der Waals surface area contributed by atoms with E-state index in [1.165, 1.54) is 10.7 Å². The molecule has 1 aromatic heterocycles. The predicted octanol–water partition coefficient (Wildman–Crippen LogP) is 3.51. The number of rotatable bonds is 3. The van der Waals surface area contributed by atoms with Crippen LogP contribution in [0.15, 0.2) is 47.3 Å². The second kappa shape index (κ2) is 6.43. The summed E-state index contributed by atoms with van der Waals surface area (Å²) in [4.78, 5) is 25.1. The minimum Gasteiger partial charge on any atom is -0.320 e. The molecule has 0 aliphatic carbocycles. The van der Waals surface area contributed by atoms with Gasteiger partial charge in [-0.1, -0.05) is 18.2 Å². The van der Waals surface area contributed by atoms with E-state index in [4.69, 9.17) is 0 Å². The zero-order valence-electron chi connectivity index (χ0n) is 13.6. The molecule has 1 heterocycles. The van der Waals surface area contributed by atoms with Crippen LogP contribution in [-0.2, 0) is 0 Å². The summed E-state index contributed by atoms with van der Waals surface area (Å²) in [6.45, 7) is 3.56. The summed E-state index contributed by atoms with van der Waals surface area (Å²) in [5.74, 6) is -2.69. The number of anilines is 1. The number of amides is 1. The number of benzene rings is 2. The smallest absolute Gasteiger partial charge is 0.276 e. The summed E-state index contributed by atoms with van der Waals surface area (Å²) in [7, 11) is 0. The zero-order valence-corrected chi connectivity index (χ0v) is 13.6. The van der Waals surface area contributed by atoms with Crippen molar-refractivity contribution in [3.05, 3.63) is 70.1 Å². The van der Waals surface area contributed by atoms with Crippen LogP contribution in [0.1, 0.15) is 30.4 Å². The summed E-state index contributed by atoms with van der Waals surface area (Å²) in [6.07, 6.45) is 0. The first kappa shape index (κ1) is 16.8. The molecule has 1 N–H and O–H groups in total. The van der Waals surface area contributed by atoms with Gasteiger partial charge in [0, 0.05) is 17.1 Å². The fourth-order valence-electron chi connectivity index (χ4n) is 2.49. The molecule has 0 aliphatic heterocycles. The van der Waals surface area contributed by atoms with Gasteiger partial charge in [-0.2, -0.15) is 5.10 Å². The van der Waals surface area contributed by atoms with Crippen LogP contribution in [0.3, 0.4) is 0 Å². The Hall–Kier alpha value is -3.09. The third-order valence-corrected chi connectivity index (χ3v) is 3.71. The van der Waals surface area contributed by atoms with E-state index in [1.54, 1.807) is 38.1 Å². The molecule has 0 saturated carbocycles. The van der Waals surface area contributed by atoms with E-state index in [1.807, 2.05) is 0 Å². The highest BCUT2D eigenvalue weighted by Gasteiger charge is 2.18. The van der Waals surface area contributed by atoms with Crippen LogP contribution in [0.25, 0.3) is 10.8 Å². The maximum absolute atomic E-state index is 13.3. The summed E-state index contributed by atoms with van der Waals surface area (Å²) in [6, 6.07) is 9.44. The van der Waals surface area contributed by atoms with Crippen LogP contribution >= 0.6 is 0 Å². The summed E-state index contributed by atoms with van der Waals surface area (Å²) in [5, 5.41) is 7.40. The van der Waals surface area contributed by atoms with Gasteiger partial charge in [-0.25, -0.2) is 13.5 Å². The van der Waals surface area contributed by atoms with Crippen LogP contribution in [0.2, 0.25) is 0 Å². The molecule has 5 nitrogen and oxygen atoms in total. The number of fused-ring (bicyclic) bond motifs is 1. The Morgan fingerprint density at radius 1 is 1.08 bits per heavy atom. The van der Waals surface area contributed by atoms with E-state index in [2.05, 4.69) is 10.4 Å². The minimum absolute atomic E-state index is 0.0358. The lowest BCUT2D eigenvalue weighted by atomic mass is 10.1. The number of hydrogen-bond acceptors (Lipinski definition) is 3. The van der Waals surface area contributed by atoms with E-state index < -0.39 is 17.5 Å². The molecular formula is C18H15F2N3O2. The molecule has 0 saturated heterocycles. The van der Waals surface area contributed by atoms with Crippen molar-refractivity contribution in [3.8, 4) is 0 Å². The third-order valence-electron chi connectivity index (χ3n) is 3.71. The molecule has 25 heavy (non-hydrogen) atoms. The topological polar surface area (TPSA) is 64.0 Å². The average molecular weight is 343 g/mol. The van der Waals surface area contributed by atoms with Gasteiger partial charge in [-0.05, 0) is 32.0 Å². The molecule has 2 aromatic carbocycles. The molecule has 0 aliphatic rings. The third kappa shape index (κ3) is 3.13. The van der Waals surface area contributed by atoms with Gasteiger partial charge in [0.2, 0.25) is 0 Å². The number of carbonyl (C=O) groups is 1. The monoisotopic (exact) mass is 343 g/mol. The molecule has 0 unspecified atom stereocenters. The van der Waals surface area contributed by atoms with E-state index in [9.17, 15) is 18.4 Å². The Balaban J connectivity index is 2.10. The largest absolute Gasteiger partial charge is 0.320 e. The molecule has 0 bridgehead atoms. The van der Waals surface area contributed by atoms with Crippen LogP contribution < -0.4 is 10.9 Å². The number of hydrogen-bond donors (Lipinski definition) is 1. The first-order valence-corrected chi connectivity index (χ1v) is 7.66. The van der Waals surface area contributed by atoms with Crippen molar-refractivity contribution in [1.29, 1.82) is 0 Å². The van der Waals surface area contributed by atoms with Crippen molar-refractivity contribution in [1.82, 2.24) is 9.78 Å². The van der Waals surface area contributed by atoms with E-state index >= 15 is 0 Å². The Labute approximate surface area is 141 Å². The summed E-state index contributed by atoms with van der Waals surface area (Å²) >= 11 is 0. The highest BCUT2D eigenvalue weighted by molar-refractivity contribution is 6.11. The maximum atomic E-state index is 13.3. The number of nitrogens with one attached hydrogen (secondary N) is 1. The van der Waals surface area contributed by atoms with E-state index in [0.29, 0.717) is 10.8 Å². The Bertz CT molecular complexity index is 1030. The van der Waals surface area contributed by atoms with Gasteiger partial charge in [0.1, 0.15) is 0 Å². The van der Waals surface area contributed by atoms with Crippen molar-refractivity contribution in [3.63, 3.8) is 0 Å². The fourth-order valence-corrected chi connectivity index (χ4v) is 2.49. The Morgan fingerprint density at radius 2 is 1.76 bits per heavy atom. The standard InChI is InChI=1S/C18H15F2N3O2/c1-10(2)23-18(25)13-6-4-3-5-12(13)16(22-23)17(24)21-11-7-8-14(19)15(20)9-11/h3-10H,1-2H3,(H,21,24). The highest BCUT2D eigenvalue weighted by Crippen LogP contribution is 2.18. The average Bonchev–Trinajstić information content (AvgIpc) is 2.58. The second-order valence-electron chi connectivity index (χ2n) is 5.82. The molecule has 7 heteroatoms. The number of aromatic nitrogens is 2. The molecule has 0 spiro atoms. The van der Waals surface area contributed by atoms with Gasteiger partial charge >= 0.3 is 0 Å². The molecule has 0 atom stereocenters. The first-order chi connectivity index (χ1) is 11.9. The van der Waals surface area contributed by atoms with Crippen LogP contribution in [-0.4, -0.2) is 15.7 Å². The lowest BCUT2D eigenvalue weighted by Crippen LogP contribution is -2.28. The van der Waals surface area contributed by atoms with Gasteiger partial charge in [0.05, 0.1) is 11.4 Å². The van der Waals surface area contributed by atoms with Crippen LogP contribution in [0.5, 0.6) is 0 Å². The van der Waals surface area contributed by atoms with Gasteiger partial charge in [0.15, 0.2) is 17.3 Å². The van der Waals surface area contributed by atoms with Crippen molar-refractivity contribution in [2.24, 2.45) is 0 Å². The first-order valence-electron chi connectivity index (χ1n) is 7.66.